The third-order valence-electron chi connectivity index (χ3n) is 5.30. The molecule has 1 N–H and O–H groups in total. The third-order valence-corrected chi connectivity index (χ3v) is 7.50. The average Bonchev–Trinajstić information content (AvgIpc) is 2.83. The Morgan fingerprint density at radius 3 is 2.32 bits per heavy atom. The van der Waals surface area contributed by atoms with Gasteiger partial charge in [-0.15, -0.1) is 0 Å². The van der Waals surface area contributed by atoms with E-state index in [9.17, 15) is 13.2 Å². The van der Waals surface area contributed by atoms with Crippen LogP contribution in [0.25, 0.3) is 0 Å². The summed E-state index contributed by atoms with van der Waals surface area (Å²) in [6.45, 7) is 6.11. The lowest BCUT2D eigenvalue weighted by Crippen LogP contribution is -2.41. The molecular weight excluding hydrogens is 472 g/mol. The van der Waals surface area contributed by atoms with Crippen LogP contribution in [-0.2, 0) is 14.8 Å². The van der Waals surface area contributed by atoms with E-state index in [1.54, 1.807) is 42.5 Å². The van der Waals surface area contributed by atoms with E-state index < -0.39 is 15.9 Å². The average molecular weight is 501 g/mol. The minimum atomic E-state index is -3.94. The van der Waals surface area contributed by atoms with Gasteiger partial charge in [0.15, 0.2) is 0 Å². The fraction of sp³-hybridized carbons (Fsp3) is 0.269. The van der Waals surface area contributed by atoms with E-state index in [-0.39, 0.29) is 24.6 Å². The zero-order valence-electron chi connectivity index (χ0n) is 19.5. The van der Waals surface area contributed by atoms with Gasteiger partial charge in [0.1, 0.15) is 18.9 Å². The number of sulfonamides is 1. The van der Waals surface area contributed by atoms with Crippen LogP contribution in [-0.4, -0.2) is 34.0 Å². The predicted octanol–water partition coefficient (Wildman–Crippen LogP) is 5.16. The summed E-state index contributed by atoms with van der Waals surface area (Å²) in [5.41, 5.74) is 2.45. The lowest BCUT2D eigenvalue weighted by Gasteiger charge is -2.24. The monoisotopic (exact) mass is 500 g/mol. The number of ether oxygens (including phenoxy) is 1. The molecule has 0 saturated carbocycles. The first-order valence-corrected chi connectivity index (χ1v) is 12.8. The number of halogens is 1. The highest BCUT2D eigenvalue weighted by molar-refractivity contribution is 7.92. The van der Waals surface area contributed by atoms with Crippen molar-refractivity contribution in [3.05, 3.63) is 88.9 Å². The third kappa shape index (κ3) is 6.52. The molecule has 0 saturated heterocycles. The van der Waals surface area contributed by atoms with Gasteiger partial charge in [0, 0.05) is 5.02 Å². The molecule has 0 spiro atoms. The van der Waals surface area contributed by atoms with E-state index >= 15 is 0 Å². The van der Waals surface area contributed by atoms with Crippen molar-refractivity contribution in [1.82, 2.24) is 5.32 Å². The van der Waals surface area contributed by atoms with Gasteiger partial charge >= 0.3 is 0 Å². The molecule has 0 aromatic heterocycles. The standard InChI is InChI=1S/C26H29ClN2O4S/c1-19(2)21-10-12-22(13-11-21)29(34(31,32)24-7-5-4-6-8-24)18-26(30)28-15-16-33-23-14-9-20(3)25(27)17-23/h4-14,17,19H,15-16,18H2,1-3H3,(H,28,30). The lowest BCUT2D eigenvalue weighted by atomic mass is 10.0. The molecule has 34 heavy (non-hydrogen) atoms. The summed E-state index contributed by atoms with van der Waals surface area (Å²) in [5.74, 6) is 0.473. The van der Waals surface area contributed by atoms with Gasteiger partial charge in [-0.3, -0.25) is 9.10 Å². The predicted molar refractivity (Wildman–Crippen MR) is 136 cm³/mol. The summed E-state index contributed by atoms with van der Waals surface area (Å²) < 4.78 is 33.5. The molecule has 3 aromatic rings. The first-order chi connectivity index (χ1) is 16.2. The quantitative estimate of drug-likeness (QED) is 0.390. The molecule has 3 aromatic carbocycles. The second-order valence-corrected chi connectivity index (χ2v) is 10.4. The molecule has 3 rings (SSSR count). The largest absolute Gasteiger partial charge is 0.492 e. The second kappa shape index (κ2) is 11.4. The van der Waals surface area contributed by atoms with Crippen molar-refractivity contribution in [2.24, 2.45) is 0 Å². The first kappa shape index (κ1) is 25.6. The Morgan fingerprint density at radius 1 is 1.03 bits per heavy atom. The number of carbonyl (C=O) groups is 1. The summed E-state index contributed by atoms with van der Waals surface area (Å²) in [4.78, 5) is 12.8. The summed E-state index contributed by atoms with van der Waals surface area (Å²) in [6.07, 6.45) is 0. The molecular formula is C26H29ClN2O4S. The number of hydrogen-bond acceptors (Lipinski definition) is 4. The smallest absolute Gasteiger partial charge is 0.264 e. The van der Waals surface area contributed by atoms with Gasteiger partial charge in [-0.05, 0) is 60.4 Å². The Hall–Kier alpha value is -3.03. The Balaban J connectivity index is 1.70. The maximum atomic E-state index is 13.4. The number of anilines is 1. The number of carbonyl (C=O) groups excluding carboxylic acids is 1. The zero-order valence-corrected chi connectivity index (χ0v) is 21.1. The maximum absolute atomic E-state index is 13.4. The highest BCUT2D eigenvalue weighted by Gasteiger charge is 2.27. The van der Waals surface area contributed by atoms with Gasteiger partial charge in [0.05, 0.1) is 17.1 Å². The summed E-state index contributed by atoms with van der Waals surface area (Å²) in [6, 6.07) is 20.7. The zero-order chi connectivity index (χ0) is 24.7. The molecule has 180 valence electrons. The molecule has 0 bridgehead atoms. The molecule has 0 unspecified atom stereocenters. The number of hydrogen-bond donors (Lipinski definition) is 1. The number of nitrogens with one attached hydrogen (secondary N) is 1. The summed E-state index contributed by atoms with van der Waals surface area (Å²) in [5, 5.41) is 3.33. The van der Waals surface area contributed by atoms with Crippen molar-refractivity contribution in [3.8, 4) is 5.75 Å². The molecule has 0 aliphatic carbocycles. The molecule has 0 atom stereocenters. The number of nitrogens with zero attached hydrogens (tertiary/aromatic N) is 1. The van der Waals surface area contributed by atoms with E-state index in [4.69, 9.17) is 16.3 Å². The minimum Gasteiger partial charge on any atom is -0.492 e. The van der Waals surface area contributed by atoms with Crippen molar-refractivity contribution in [1.29, 1.82) is 0 Å². The normalized spacial score (nSPS) is 11.3. The van der Waals surface area contributed by atoms with Gasteiger partial charge in [0.2, 0.25) is 5.91 Å². The number of rotatable bonds is 10. The van der Waals surface area contributed by atoms with Crippen LogP contribution in [0.2, 0.25) is 5.02 Å². The number of aryl methyl sites for hydroxylation is 1. The van der Waals surface area contributed by atoms with E-state index in [2.05, 4.69) is 19.2 Å². The first-order valence-electron chi connectivity index (χ1n) is 11.0. The van der Waals surface area contributed by atoms with Gasteiger partial charge in [-0.2, -0.15) is 0 Å². The van der Waals surface area contributed by atoms with Crippen LogP contribution in [0.15, 0.2) is 77.7 Å². The SMILES string of the molecule is Cc1ccc(OCCNC(=O)CN(c2ccc(C(C)C)cc2)S(=O)(=O)c2ccccc2)cc1Cl. The highest BCUT2D eigenvalue weighted by Crippen LogP contribution is 2.26. The van der Waals surface area contributed by atoms with Crippen LogP contribution < -0.4 is 14.4 Å². The van der Waals surface area contributed by atoms with Crippen molar-refractivity contribution in [2.45, 2.75) is 31.6 Å². The van der Waals surface area contributed by atoms with Crippen molar-refractivity contribution >= 4 is 33.2 Å². The maximum Gasteiger partial charge on any atom is 0.264 e. The lowest BCUT2D eigenvalue weighted by molar-refractivity contribution is -0.119. The Kier molecular flexibility index (Phi) is 8.58. The fourth-order valence-electron chi connectivity index (χ4n) is 3.27. The van der Waals surface area contributed by atoms with Crippen molar-refractivity contribution < 1.29 is 17.9 Å². The second-order valence-electron chi connectivity index (χ2n) is 8.18. The van der Waals surface area contributed by atoms with E-state index in [0.717, 1.165) is 15.4 Å². The Bertz CT molecular complexity index is 1210. The highest BCUT2D eigenvalue weighted by atomic mass is 35.5. The molecule has 0 aliphatic rings. The molecule has 0 aliphatic heterocycles. The minimum absolute atomic E-state index is 0.121. The molecule has 0 radical (unpaired) electrons. The molecule has 8 heteroatoms. The van der Waals surface area contributed by atoms with Crippen LogP contribution in [0.5, 0.6) is 5.75 Å². The Morgan fingerprint density at radius 2 is 1.71 bits per heavy atom. The van der Waals surface area contributed by atoms with Crippen molar-refractivity contribution in [3.63, 3.8) is 0 Å². The molecule has 0 heterocycles. The van der Waals surface area contributed by atoms with Gasteiger partial charge < -0.3 is 10.1 Å². The van der Waals surface area contributed by atoms with Gasteiger partial charge in [-0.25, -0.2) is 8.42 Å². The fourth-order valence-corrected chi connectivity index (χ4v) is 4.88. The van der Waals surface area contributed by atoms with Gasteiger partial charge in [-0.1, -0.05) is 61.8 Å². The van der Waals surface area contributed by atoms with E-state index in [1.807, 2.05) is 25.1 Å². The Labute approximate surface area is 206 Å². The van der Waals surface area contributed by atoms with Crippen LogP contribution in [0.4, 0.5) is 5.69 Å². The molecule has 1 amide bonds. The van der Waals surface area contributed by atoms with E-state index in [0.29, 0.717) is 22.4 Å². The van der Waals surface area contributed by atoms with Crippen LogP contribution in [0, 0.1) is 6.92 Å². The molecule has 6 nitrogen and oxygen atoms in total. The van der Waals surface area contributed by atoms with Crippen LogP contribution >= 0.6 is 11.6 Å². The van der Waals surface area contributed by atoms with Crippen molar-refractivity contribution in [2.75, 3.05) is 24.0 Å². The van der Waals surface area contributed by atoms with E-state index in [1.165, 1.54) is 12.1 Å². The molecule has 0 fully saturated rings. The number of amides is 1. The number of benzene rings is 3. The summed E-state index contributed by atoms with van der Waals surface area (Å²) in [7, 11) is -3.94. The van der Waals surface area contributed by atoms with Crippen LogP contribution in [0.3, 0.4) is 0 Å². The van der Waals surface area contributed by atoms with Gasteiger partial charge in [0.25, 0.3) is 10.0 Å². The summed E-state index contributed by atoms with van der Waals surface area (Å²) >= 11 is 6.10. The topological polar surface area (TPSA) is 75.7 Å². The van der Waals surface area contributed by atoms with Crippen LogP contribution in [0.1, 0.15) is 30.9 Å².